The Morgan fingerprint density at radius 2 is 1.89 bits per heavy atom. The van der Waals surface area contributed by atoms with Crippen LogP contribution >= 0.6 is 0 Å². The first-order valence-electron chi connectivity index (χ1n) is 8.37. The maximum absolute atomic E-state index is 12.4. The highest BCUT2D eigenvalue weighted by Gasteiger charge is 2.27. The molecule has 0 unspecified atom stereocenters. The topological polar surface area (TPSA) is 130 Å². The zero-order valence-electron chi connectivity index (χ0n) is 15.1. The molecule has 2 aromatic rings. The molecule has 1 heterocycles. The summed E-state index contributed by atoms with van der Waals surface area (Å²) in [6.07, 6.45) is 1.33. The highest BCUT2D eigenvalue weighted by Crippen LogP contribution is 2.34. The molecule has 1 aliphatic heterocycles. The van der Waals surface area contributed by atoms with Gasteiger partial charge in [-0.3, -0.25) is 14.9 Å². The lowest BCUT2D eigenvalue weighted by molar-refractivity contribution is -0.383. The molecule has 3 N–H and O–H groups in total. The lowest BCUT2D eigenvalue weighted by Crippen LogP contribution is -2.30. The smallest absolute Gasteiger partial charge is 0.292 e. The maximum Gasteiger partial charge on any atom is 0.292 e. The number of para-hydroxylation sites is 2. The van der Waals surface area contributed by atoms with Crippen LogP contribution in [0, 0.1) is 10.1 Å². The quantitative estimate of drug-likeness (QED) is 0.387. The van der Waals surface area contributed by atoms with Gasteiger partial charge in [0.05, 0.1) is 15.4 Å². The molecule has 28 heavy (non-hydrogen) atoms. The van der Waals surface area contributed by atoms with Gasteiger partial charge >= 0.3 is 0 Å². The Bertz CT molecular complexity index is 1090. The van der Waals surface area contributed by atoms with Crippen molar-refractivity contribution >= 4 is 38.6 Å². The Kier molecular flexibility index (Phi) is 5.16. The summed E-state index contributed by atoms with van der Waals surface area (Å²) in [6, 6.07) is 10.0. The molecular formula is C18H18N4O5S. The van der Waals surface area contributed by atoms with Gasteiger partial charge in [0, 0.05) is 29.6 Å². The molecule has 1 aliphatic rings. The average Bonchev–Trinajstić information content (AvgIpc) is 2.93. The van der Waals surface area contributed by atoms with Crippen LogP contribution in [0.3, 0.4) is 0 Å². The monoisotopic (exact) mass is 402 g/mol. The molecule has 0 spiro atoms. The molecule has 146 valence electrons. The normalized spacial score (nSPS) is 14.8. The van der Waals surface area contributed by atoms with Crippen molar-refractivity contribution in [1.29, 1.82) is 0 Å². The van der Waals surface area contributed by atoms with Gasteiger partial charge in [-0.05, 0) is 38.1 Å². The molecule has 3 rings (SSSR count). The third kappa shape index (κ3) is 3.87. The van der Waals surface area contributed by atoms with E-state index in [0.717, 1.165) is 0 Å². The Morgan fingerprint density at radius 3 is 2.57 bits per heavy atom. The maximum atomic E-state index is 12.4. The van der Waals surface area contributed by atoms with E-state index in [0.29, 0.717) is 11.3 Å². The predicted octanol–water partition coefficient (Wildman–Crippen LogP) is 2.69. The lowest BCUT2D eigenvalue weighted by atomic mass is 10.1. The number of carbonyl (C=O) groups is 1. The van der Waals surface area contributed by atoms with Crippen molar-refractivity contribution in [1.82, 2.24) is 4.72 Å². The highest BCUT2D eigenvalue weighted by atomic mass is 32.2. The number of nitro groups is 1. The van der Waals surface area contributed by atoms with Crippen molar-refractivity contribution in [3.63, 3.8) is 0 Å². The van der Waals surface area contributed by atoms with Crippen LogP contribution in [0.25, 0.3) is 5.57 Å². The number of nitro benzene ring substituents is 1. The van der Waals surface area contributed by atoms with E-state index < -0.39 is 20.9 Å². The first-order valence-corrected chi connectivity index (χ1v) is 9.85. The zero-order chi connectivity index (χ0) is 20.5. The van der Waals surface area contributed by atoms with Gasteiger partial charge in [0.2, 0.25) is 10.0 Å². The number of anilines is 2. The molecule has 10 heteroatoms. The second kappa shape index (κ2) is 7.41. The summed E-state index contributed by atoms with van der Waals surface area (Å²) in [5.41, 5.74) is 1.10. The summed E-state index contributed by atoms with van der Waals surface area (Å²) < 4.78 is 27.3. The number of benzene rings is 2. The van der Waals surface area contributed by atoms with E-state index in [2.05, 4.69) is 15.4 Å². The summed E-state index contributed by atoms with van der Waals surface area (Å²) >= 11 is 0. The fraction of sp³-hybridized carbons (Fsp3) is 0.167. The van der Waals surface area contributed by atoms with E-state index in [9.17, 15) is 23.3 Å². The van der Waals surface area contributed by atoms with Crippen molar-refractivity contribution in [2.24, 2.45) is 0 Å². The SMILES string of the molecule is CC(C)NS(=O)(=O)c1ccc2c(c1)/C(=C/Nc1ccccc1[N+](=O)[O-])C(=O)N2. The standard InChI is InChI=1S/C18H18N4O5S/c1-11(2)21-28(26,27)12-7-8-15-13(9-12)14(18(23)20-15)10-19-16-5-3-4-6-17(16)22(24)25/h3-11,19,21H,1-2H3,(H,20,23)/b14-10-. The minimum absolute atomic E-state index is 0.0213. The molecule has 0 fully saturated rings. The van der Waals surface area contributed by atoms with E-state index in [1.807, 2.05) is 0 Å². The first kappa shape index (κ1) is 19.5. The molecule has 0 aliphatic carbocycles. The number of hydrogen-bond donors (Lipinski definition) is 3. The fourth-order valence-electron chi connectivity index (χ4n) is 2.76. The van der Waals surface area contributed by atoms with Crippen molar-refractivity contribution in [3.8, 4) is 0 Å². The Hall–Kier alpha value is -3.24. The van der Waals surface area contributed by atoms with Gasteiger partial charge in [0.15, 0.2) is 0 Å². The largest absolute Gasteiger partial charge is 0.355 e. The van der Waals surface area contributed by atoms with E-state index in [4.69, 9.17) is 0 Å². The first-order chi connectivity index (χ1) is 13.2. The molecule has 0 atom stereocenters. The third-order valence-corrected chi connectivity index (χ3v) is 5.60. The van der Waals surface area contributed by atoms with Gasteiger partial charge in [-0.15, -0.1) is 0 Å². The van der Waals surface area contributed by atoms with Crippen LogP contribution in [0.5, 0.6) is 0 Å². The number of sulfonamides is 1. The molecule has 0 radical (unpaired) electrons. The van der Waals surface area contributed by atoms with Crippen molar-refractivity contribution in [3.05, 3.63) is 64.3 Å². The van der Waals surface area contributed by atoms with Crippen LogP contribution in [0.4, 0.5) is 17.1 Å². The summed E-state index contributed by atoms with van der Waals surface area (Å²) in [7, 11) is -3.73. The summed E-state index contributed by atoms with van der Waals surface area (Å²) in [5.74, 6) is -0.438. The molecule has 1 amide bonds. The van der Waals surface area contributed by atoms with Crippen molar-refractivity contribution in [2.75, 3.05) is 10.6 Å². The number of nitrogens with one attached hydrogen (secondary N) is 3. The predicted molar refractivity (Wildman–Crippen MR) is 105 cm³/mol. The van der Waals surface area contributed by atoms with Crippen LogP contribution < -0.4 is 15.4 Å². The molecule has 0 saturated heterocycles. The molecule has 0 aromatic heterocycles. The van der Waals surface area contributed by atoms with Crippen LogP contribution in [-0.2, 0) is 14.8 Å². The second-order valence-corrected chi connectivity index (χ2v) is 8.13. The molecular weight excluding hydrogens is 384 g/mol. The molecule has 2 aromatic carbocycles. The minimum Gasteiger partial charge on any atom is -0.355 e. The summed E-state index contributed by atoms with van der Waals surface area (Å²) in [4.78, 5) is 22.9. The van der Waals surface area contributed by atoms with E-state index in [-0.39, 0.29) is 27.9 Å². The van der Waals surface area contributed by atoms with E-state index in [1.165, 1.54) is 42.6 Å². The Balaban J connectivity index is 1.98. The van der Waals surface area contributed by atoms with Gasteiger partial charge in [-0.25, -0.2) is 13.1 Å². The number of hydrogen-bond acceptors (Lipinski definition) is 6. The van der Waals surface area contributed by atoms with Crippen LogP contribution in [-0.4, -0.2) is 25.3 Å². The van der Waals surface area contributed by atoms with Gasteiger partial charge in [-0.1, -0.05) is 12.1 Å². The van der Waals surface area contributed by atoms with E-state index >= 15 is 0 Å². The second-order valence-electron chi connectivity index (χ2n) is 6.41. The van der Waals surface area contributed by atoms with Crippen molar-refractivity contribution < 1.29 is 18.1 Å². The van der Waals surface area contributed by atoms with Crippen molar-refractivity contribution in [2.45, 2.75) is 24.8 Å². The third-order valence-electron chi connectivity index (χ3n) is 3.95. The van der Waals surface area contributed by atoms with Gasteiger partial charge in [0.25, 0.3) is 11.6 Å². The zero-order valence-corrected chi connectivity index (χ0v) is 15.9. The van der Waals surface area contributed by atoms with Gasteiger partial charge < -0.3 is 10.6 Å². The van der Waals surface area contributed by atoms with Crippen LogP contribution in [0.1, 0.15) is 19.4 Å². The van der Waals surface area contributed by atoms with Gasteiger partial charge in [0.1, 0.15) is 5.69 Å². The van der Waals surface area contributed by atoms with Crippen LogP contribution in [0.15, 0.2) is 53.6 Å². The Labute approximate surface area is 161 Å². The summed E-state index contributed by atoms with van der Waals surface area (Å²) in [6.45, 7) is 3.41. The average molecular weight is 402 g/mol. The fourth-order valence-corrected chi connectivity index (χ4v) is 4.04. The lowest BCUT2D eigenvalue weighted by Gasteiger charge is -2.10. The van der Waals surface area contributed by atoms with E-state index in [1.54, 1.807) is 19.9 Å². The van der Waals surface area contributed by atoms with Crippen LogP contribution in [0.2, 0.25) is 0 Å². The van der Waals surface area contributed by atoms with Gasteiger partial charge in [-0.2, -0.15) is 0 Å². The summed E-state index contributed by atoms with van der Waals surface area (Å²) in [5, 5.41) is 16.5. The number of amides is 1. The Morgan fingerprint density at radius 1 is 1.18 bits per heavy atom. The number of carbonyl (C=O) groups excluding carboxylic acids is 1. The molecule has 0 bridgehead atoms. The minimum atomic E-state index is -3.73. The number of fused-ring (bicyclic) bond motifs is 1. The number of nitrogens with zero attached hydrogens (tertiary/aromatic N) is 1. The molecule has 0 saturated carbocycles. The molecule has 9 nitrogen and oxygen atoms in total. The highest BCUT2D eigenvalue weighted by molar-refractivity contribution is 7.89. The number of rotatable bonds is 6.